The van der Waals surface area contributed by atoms with Gasteiger partial charge in [0, 0.05) is 12.6 Å². The maximum absolute atomic E-state index is 5.61. The zero-order chi connectivity index (χ0) is 13.8. The fraction of sp³-hybridized carbons (Fsp3) is 0.625. The van der Waals surface area contributed by atoms with Crippen LogP contribution in [0.25, 0.3) is 0 Å². The van der Waals surface area contributed by atoms with Crippen molar-refractivity contribution in [3.05, 3.63) is 23.8 Å². The van der Waals surface area contributed by atoms with Crippen LogP contribution in [0, 0.1) is 0 Å². The summed E-state index contributed by atoms with van der Waals surface area (Å²) in [5.41, 5.74) is 1.26. The Kier molecular flexibility index (Phi) is 4.43. The van der Waals surface area contributed by atoms with Gasteiger partial charge in [0.15, 0.2) is 11.5 Å². The molecule has 0 aliphatic carbocycles. The number of ether oxygens (including phenoxy) is 2. The van der Waals surface area contributed by atoms with Crippen LogP contribution < -0.4 is 14.8 Å². The van der Waals surface area contributed by atoms with E-state index in [1.807, 2.05) is 6.07 Å². The molecule has 2 aliphatic heterocycles. The SMILES string of the molecule is CN1CCCC1CCNCc1ccc2c(c1)OCCO2. The van der Waals surface area contributed by atoms with Crippen molar-refractivity contribution in [2.45, 2.75) is 31.8 Å². The molecule has 4 nitrogen and oxygen atoms in total. The van der Waals surface area contributed by atoms with Crippen LogP contribution in [0.5, 0.6) is 11.5 Å². The van der Waals surface area contributed by atoms with E-state index in [9.17, 15) is 0 Å². The molecule has 1 N–H and O–H groups in total. The number of nitrogens with zero attached hydrogens (tertiary/aromatic N) is 1. The van der Waals surface area contributed by atoms with Crippen molar-refractivity contribution in [3.8, 4) is 11.5 Å². The molecule has 1 aromatic carbocycles. The molecule has 0 bridgehead atoms. The topological polar surface area (TPSA) is 33.7 Å². The Bertz CT molecular complexity index is 450. The highest BCUT2D eigenvalue weighted by atomic mass is 16.6. The summed E-state index contributed by atoms with van der Waals surface area (Å²) in [7, 11) is 2.23. The summed E-state index contributed by atoms with van der Waals surface area (Å²) in [5, 5.41) is 3.53. The number of hydrogen-bond donors (Lipinski definition) is 1. The highest BCUT2D eigenvalue weighted by Crippen LogP contribution is 2.30. The van der Waals surface area contributed by atoms with Gasteiger partial charge in [-0.1, -0.05) is 6.07 Å². The van der Waals surface area contributed by atoms with Gasteiger partial charge in [0.1, 0.15) is 13.2 Å². The third kappa shape index (κ3) is 3.25. The molecule has 0 spiro atoms. The van der Waals surface area contributed by atoms with Crippen molar-refractivity contribution >= 4 is 0 Å². The number of hydrogen-bond acceptors (Lipinski definition) is 4. The first-order valence-corrected chi connectivity index (χ1v) is 7.62. The molecule has 20 heavy (non-hydrogen) atoms. The number of nitrogens with one attached hydrogen (secondary N) is 1. The lowest BCUT2D eigenvalue weighted by Gasteiger charge is -2.20. The largest absolute Gasteiger partial charge is 0.486 e. The zero-order valence-electron chi connectivity index (χ0n) is 12.2. The molecule has 2 heterocycles. The van der Waals surface area contributed by atoms with Crippen LogP contribution in [0.4, 0.5) is 0 Å². The molecule has 0 radical (unpaired) electrons. The molecule has 4 heteroatoms. The van der Waals surface area contributed by atoms with Gasteiger partial charge < -0.3 is 19.7 Å². The van der Waals surface area contributed by atoms with E-state index in [-0.39, 0.29) is 0 Å². The van der Waals surface area contributed by atoms with E-state index in [4.69, 9.17) is 9.47 Å². The number of rotatable bonds is 5. The van der Waals surface area contributed by atoms with Crippen LogP contribution >= 0.6 is 0 Å². The highest BCUT2D eigenvalue weighted by molar-refractivity contribution is 5.43. The van der Waals surface area contributed by atoms with E-state index in [1.54, 1.807) is 0 Å². The quantitative estimate of drug-likeness (QED) is 0.834. The Labute approximate surface area is 121 Å². The molecular weight excluding hydrogens is 252 g/mol. The summed E-state index contributed by atoms with van der Waals surface area (Å²) in [5.74, 6) is 1.75. The number of benzene rings is 1. The predicted molar refractivity (Wildman–Crippen MR) is 79.4 cm³/mol. The van der Waals surface area contributed by atoms with Gasteiger partial charge in [0.05, 0.1) is 0 Å². The Balaban J connectivity index is 1.44. The van der Waals surface area contributed by atoms with Gasteiger partial charge in [-0.05, 0) is 57.1 Å². The van der Waals surface area contributed by atoms with Crippen LogP contribution in [0.15, 0.2) is 18.2 Å². The molecule has 0 aromatic heterocycles. The third-order valence-electron chi connectivity index (χ3n) is 4.26. The third-order valence-corrected chi connectivity index (χ3v) is 4.26. The van der Waals surface area contributed by atoms with Gasteiger partial charge in [-0.25, -0.2) is 0 Å². The van der Waals surface area contributed by atoms with E-state index < -0.39 is 0 Å². The molecular formula is C16H24N2O2. The van der Waals surface area contributed by atoms with Crippen molar-refractivity contribution in [1.29, 1.82) is 0 Å². The monoisotopic (exact) mass is 276 g/mol. The second kappa shape index (κ2) is 6.46. The van der Waals surface area contributed by atoms with E-state index >= 15 is 0 Å². The van der Waals surface area contributed by atoms with E-state index in [1.165, 1.54) is 31.4 Å². The van der Waals surface area contributed by atoms with Crippen LogP contribution in [0.3, 0.4) is 0 Å². The normalized spacial score (nSPS) is 22.1. The highest BCUT2D eigenvalue weighted by Gasteiger charge is 2.19. The summed E-state index contributed by atoms with van der Waals surface area (Å²) in [6.45, 7) is 4.53. The van der Waals surface area contributed by atoms with Gasteiger partial charge in [-0.3, -0.25) is 0 Å². The summed E-state index contributed by atoms with van der Waals surface area (Å²) in [4.78, 5) is 2.48. The van der Waals surface area contributed by atoms with E-state index in [2.05, 4.69) is 29.4 Å². The fourth-order valence-corrected chi connectivity index (χ4v) is 3.04. The lowest BCUT2D eigenvalue weighted by atomic mass is 10.1. The van der Waals surface area contributed by atoms with Crippen LogP contribution in [0.2, 0.25) is 0 Å². The van der Waals surface area contributed by atoms with Crippen molar-refractivity contribution in [3.63, 3.8) is 0 Å². The van der Waals surface area contributed by atoms with E-state index in [0.29, 0.717) is 13.2 Å². The van der Waals surface area contributed by atoms with Gasteiger partial charge in [-0.2, -0.15) is 0 Å². The zero-order valence-corrected chi connectivity index (χ0v) is 12.2. The van der Waals surface area contributed by atoms with Gasteiger partial charge >= 0.3 is 0 Å². The molecule has 0 amide bonds. The lowest BCUT2D eigenvalue weighted by molar-refractivity contribution is 0.171. The van der Waals surface area contributed by atoms with Gasteiger partial charge in [0.2, 0.25) is 0 Å². The Morgan fingerprint density at radius 3 is 2.90 bits per heavy atom. The maximum Gasteiger partial charge on any atom is 0.161 e. The van der Waals surface area contributed by atoms with Crippen molar-refractivity contribution in [2.24, 2.45) is 0 Å². The fourth-order valence-electron chi connectivity index (χ4n) is 3.04. The predicted octanol–water partition coefficient (Wildman–Crippen LogP) is 2.03. The minimum atomic E-state index is 0.651. The number of likely N-dealkylation sites (tertiary alicyclic amines) is 1. The van der Waals surface area contributed by atoms with Crippen molar-refractivity contribution in [2.75, 3.05) is 33.4 Å². The molecule has 1 atom stereocenters. The second-order valence-corrected chi connectivity index (χ2v) is 5.72. The van der Waals surface area contributed by atoms with E-state index in [0.717, 1.165) is 30.6 Å². The molecule has 1 fully saturated rings. The van der Waals surface area contributed by atoms with Gasteiger partial charge in [-0.15, -0.1) is 0 Å². The molecule has 1 saturated heterocycles. The number of fused-ring (bicyclic) bond motifs is 1. The molecule has 1 aromatic rings. The summed E-state index contributed by atoms with van der Waals surface area (Å²) in [6.07, 6.45) is 3.94. The first-order chi connectivity index (χ1) is 9.83. The minimum absolute atomic E-state index is 0.651. The Hall–Kier alpha value is -1.26. The summed E-state index contributed by atoms with van der Waals surface area (Å²) in [6, 6.07) is 6.98. The first-order valence-electron chi connectivity index (χ1n) is 7.62. The van der Waals surface area contributed by atoms with Crippen LogP contribution in [-0.4, -0.2) is 44.3 Å². The van der Waals surface area contributed by atoms with Crippen molar-refractivity contribution < 1.29 is 9.47 Å². The lowest BCUT2D eigenvalue weighted by Crippen LogP contribution is -2.29. The first kappa shape index (κ1) is 13.7. The maximum atomic E-state index is 5.61. The summed E-state index contributed by atoms with van der Waals surface area (Å²) >= 11 is 0. The average Bonchev–Trinajstić information content (AvgIpc) is 2.89. The van der Waals surface area contributed by atoms with Crippen LogP contribution in [-0.2, 0) is 6.54 Å². The second-order valence-electron chi connectivity index (χ2n) is 5.72. The van der Waals surface area contributed by atoms with Crippen LogP contribution in [0.1, 0.15) is 24.8 Å². The average molecular weight is 276 g/mol. The molecule has 0 saturated carbocycles. The standard InChI is InChI=1S/C16H24N2O2/c1-18-8-2-3-14(18)6-7-17-12-13-4-5-15-16(11-13)20-10-9-19-15/h4-5,11,14,17H,2-3,6-10,12H2,1H3. The Morgan fingerprint density at radius 1 is 1.25 bits per heavy atom. The summed E-state index contributed by atoms with van der Waals surface area (Å²) < 4.78 is 11.1. The smallest absolute Gasteiger partial charge is 0.161 e. The molecule has 2 aliphatic rings. The minimum Gasteiger partial charge on any atom is -0.486 e. The van der Waals surface area contributed by atoms with Crippen molar-refractivity contribution in [1.82, 2.24) is 10.2 Å². The Morgan fingerprint density at radius 2 is 2.10 bits per heavy atom. The molecule has 3 rings (SSSR count). The molecule has 110 valence electrons. The van der Waals surface area contributed by atoms with Gasteiger partial charge in [0.25, 0.3) is 0 Å². The molecule has 1 unspecified atom stereocenters.